The molecule has 1 aromatic heterocycles. The van der Waals surface area contributed by atoms with Gasteiger partial charge in [-0.2, -0.15) is 10.5 Å². The number of rotatable bonds is 6. The highest BCUT2D eigenvalue weighted by atomic mass is 28.3. The topological polar surface area (TPSA) is 52.5 Å². The summed E-state index contributed by atoms with van der Waals surface area (Å²) in [4.78, 5) is 0. The van der Waals surface area contributed by atoms with Crippen molar-refractivity contribution in [3.05, 3.63) is 187 Å². The summed E-state index contributed by atoms with van der Waals surface area (Å²) in [6.45, 7) is 0. The molecular weight excluding hydrogens is 599 g/mol. The number of aromatic nitrogens is 1. The van der Waals surface area contributed by atoms with Crippen LogP contribution < -0.4 is 20.7 Å². The highest BCUT2D eigenvalue weighted by molar-refractivity contribution is 7.20. The van der Waals surface area contributed by atoms with E-state index in [0.29, 0.717) is 11.1 Å². The fraction of sp³-hybridized carbons (Fsp3) is 0. The van der Waals surface area contributed by atoms with Gasteiger partial charge in [0.2, 0.25) is 0 Å². The Balaban J connectivity index is 1.45. The predicted molar refractivity (Wildman–Crippen MR) is 199 cm³/mol. The number of hydrogen-bond acceptors (Lipinski definition) is 2. The second kappa shape index (κ2) is 12.0. The van der Waals surface area contributed by atoms with E-state index in [9.17, 15) is 10.5 Å². The van der Waals surface area contributed by atoms with Crippen molar-refractivity contribution >= 4 is 50.6 Å². The van der Waals surface area contributed by atoms with Crippen molar-refractivity contribution in [3.63, 3.8) is 0 Å². The third-order valence-corrected chi connectivity index (χ3v) is 14.3. The van der Waals surface area contributed by atoms with Gasteiger partial charge in [0.1, 0.15) is 6.07 Å². The van der Waals surface area contributed by atoms with Crippen LogP contribution in [0.15, 0.2) is 176 Å². The molecule has 0 amide bonds. The third kappa shape index (κ3) is 4.40. The van der Waals surface area contributed by atoms with E-state index < -0.39 is 8.07 Å². The van der Waals surface area contributed by atoms with Crippen molar-refractivity contribution in [2.75, 3.05) is 0 Å². The lowest BCUT2D eigenvalue weighted by molar-refractivity contribution is 1.17. The molecule has 1 heterocycles. The molecule has 3 nitrogen and oxygen atoms in total. The SMILES string of the molecule is N#Cc1c(-c2cccc([Si](c3ccccc3)(c3ccccc3)c3ccccc3)c2C#N)cccc1-n1c2ccccc2c2ccccc21. The third-order valence-electron chi connectivity index (χ3n) is 9.47. The number of hydrogen-bond donors (Lipinski definition) is 0. The van der Waals surface area contributed by atoms with Gasteiger partial charge in [0.05, 0.1) is 33.9 Å². The molecule has 0 aliphatic heterocycles. The Morgan fingerprint density at radius 2 is 0.812 bits per heavy atom. The fourth-order valence-corrected chi connectivity index (χ4v) is 12.4. The van der Waals surface area contributed by atoms with E-state index in [2.05, 4.69) is 126 Å². The Labute approximate surface area is 280 Å². The Kier molecular flexibility index (Phi) is 7.27. The molecule has 0 atom stereocenters. The van der Waals surface area contributed by atoms with Crippen LogP contribution in [0.5, 0.6) is 0 Å². The van der Waals surface area contributed by atoms with Gasteiger partial charge in [-0.1, -0.05) is 158 Å². The van der Waals surface area contributed by atoms with Gasteiger partial charge in [0.15, 0.2) is 8.07 Å². The summed E-state index contributed by atoms with van der Waals surface area (Å²) in [6, 6.07) is 65.8. The summed E-state index contributed by atoms with van der Waals surface area (Å²) in [5.41, 5.74) is 5.48. The average Bonchev–Trinajstić information content (AvgIpc) is 3.50. The van der Waals surface area contributed by atoms with Crippen molar-refractivity contribution in [1.82, 2.24) is 4.57 Å². The highest BCUT2D eigenvalue weighted by Gasteiger charge is 2.43. The molecule has 48 heavy (non-hydrogen) atoms. The fourth-order valence-electron chi connectivity index (χ4n) is 7.49. The van der Waals surface area contributed by atoms with Gasteiger partial charge in [0, 0.05) is 21.9 Å². The Morgan fingerprint density at radius 1 is 0.396 bits per heavy atom. The second-order valence-corrected chi connectivity index (χ2v) is 15.6. The maximum Gasteiger partial charge on any atom is 0.180 e. The van der Waals surface area contributed by atoms with Gasteiger partial charge < -0.3 is 4.57 Å². The van der Waals surface area contributed by atoms with Crippen LogP contribution in [-0.2, 0) is 0 Å². The molecule has 0 N–H and O–H groups in total. The van der Waals surface area contributed by atoms with E-state index in [1.165, 1.54) is 15.6 Å². The van der Waals surface area contributed by atoms with Crippen molar-refractivity contribution in [1.29, 1.82) is 10.5 Å². The number of nitrogens with zero attached hydrogens (tertiary/aromatic N) is 3. The predicted octanol–water partition coefficient (Wildman–Crippen LogP) is 7.57. The standard InChI is InChI=1S/C44H29N3Si/c45-30-39-35(24-14-28-43(39)47-41-26-12-10-22-37(41)38-23-11-13-27-42(38)47)36-25-15-29-44(40(36)31-46)48(32-16-4-1-5-17-32,33-18-6-2-7-19-33)34-20-8-3-9-21-34/h1-29H. The first-order valence-corrected chi connectivity index (χ1v) is 18.0. The molecule has 0 fully saturated rings. The minimum atomic E-state index is -3.01. The number of benzene rings is 7. The molecule has 7 aromatic carbocycles. The number of fused-ring (bicyclic) bond motifs is 3. The van der Waals surface area contributed by atoms with Crippen LogP contribution in [0.25, 0.3) is 38.6 Å². The molecular formula is C44H29N3Si. The average molecular weight is 628 g/mol. The second-order valence-electron chi connectivity index (χ2n) is 11.9. The molecule has 0 aliphatic rings. The zero-order valence-electron chi connectivity index (χ0n) is 26.1. The van der Waals surface area contributed by atoms with Crippen LogP contribution in [0.3, 0.4) is 0 Å². The summed E-state index contributed by atoms with van der Waals surface area (Å²) >= 11 is 0. The van der Waals surface area contributed by atoms with Crippen molar-refractivity contribution in [3.8, 4) is 29.0 Å². The lowest BCUT2D eigenvalue weighted by Crippen LogP contribution is -2.75. The molecule has 8 aromatic rings. The van der Waals surface area contributed by atoms with E-state index in [1.54, 1.807) is 0 Å². The van der Waals surface area contributed by atoms with Gasteiger partial charge in [-0.05, 0) is 38.9 Å². The summed E-state index contributed by atoms with van der Waals surface area (Å²) in [7, 11) is -3.01. The maximum absolute atomic E-state index is 11.1. The number of para-hydroxylation sites is 2. The minimum absolute atomic E-state index is 0.532. The molecule has 4 heteroatoms. The van der Waals surface area contributed by atoms with Crippen LogP contribution in [0.2, 0.25) is 0 Å². The van der Waals surface area contributed by atoms with Gasteiger partial charge >= 0.3 is 0 Å². The Hall–Kier alpha value is -6.46. The monoisotopic (exact) mass is 627 g/mol. The summed E-state index contributed by atoms with van der Waals surface area (Å²) < 4.78 is 2.18. The van der Waals surface area contributed by atoms with Crippen LogP contribution in [0, 0.1) is 22.7 Å². The summed E-state index contributed by atoms with van der Waals surface area (Å²) in [6.07, 6.45) is 0. The first-order chi connectivity index (χ1) is 23.8. The molecule has 0 unspecified atom stereocenters. The summed E-state index contributed by atoms with van der Waals surface area (Å²) in [5.74, 6) is 0. The Morgan fingerprint density at radius 3 is 1.29 bits per heavy atom. The molecule has 0 bridgehead atoms. The van der Waals surface area contributed by atoms with Crippen molar-refractivity contribution in [2.45, 2.75) is 0 Å². The molecule has 0 saturated carbocycles. The molecule has 0 spiro atoms. The Bertz CT molecular complexity index is 2370. The van der Waals surface area contributed by atoms with E-state index in [-0.39, 0.29) is 0 Å². The maximum atomic E-state index is 11.1. The zero-order chi connectivity index (χ0) is 32.5. The van der Waals surface area contributed by atoms with Crippen LogP contribution >= 0.6 is 0 Å². The molecule has 0 aliphatic carbocycles. The first kappa shape index (κ1) is 29.0. The largest absolute Gasteiger partial charge is 0.308 e. The van der Waals surface area contributed by atoms with E-state index in [1.807, 2.05) is 66.7 Å². The van der Waals surface area contributed by atoms with E-state index >= 15 is 0 Å². The minimum Gasteiger partial charge on any atom is -0.308 e. The van der Waals surface area contributed by atoms with E-state index in [0.717, 1.165) is 43.8 Å². The van der Waals surface area contributed by atoms with Gasteiger partial charge in [-0.3, -0.25) is 0 Å². The van der Waals surface area contributed by atoms with Gasteiger partial charge in [-0.15, -0.1) is 0 Å². The smallest absolute Gasteiger partial charge is 0.180 e. The van der Waals surface area contributed by atoms with Crippen molar-refractivity contribution in [2.24, 2.45) is 0 Å². The quantitative estimate of drug-likeness (QED) is 0.141. The lowest BCUT2D eigenvalue weighted by atomic mass is 9.95. The summed E-state index contributed by atoms with van der Waals surface area (Å²) in [5, 5.41) is 28.9. The normalized spacial score (nSPS) is 11.3. The zero-order valence-corrected chi connectivity index (χ0v) is 27.1. The molecule has 0 saturated heterocycles. The van der Waals surface area contributed by atoms with Gasteiger partial charge in [0.25, 0.3) is 0 Å². The lowest BCUT2D eigenvalue weighted by Gasteiger charge is -2.35. The first-order valence-electron chi connectivity index (χ1n) is 16.0. The van der Waals surface area contributed by atoms with Crippen LogP contribution in [0.4, 0.5) is 0 Å². The molecule has 0 radical (unpaired) electrons. The van der Waals surface area contributed by atoms with E-state index in [4.69, 9.17) is 0 Å². The number of nitriles is 2. The van der Waals surface area contributed by atoms with Gasteiger partial charge in [-0.25, -0.2) is 0 Å². The molecule has 224 valence electrons. The molecule has 8 rings (SSSR count). The van der Waals surface area contributed by atoms with Crippen molar-refractivity contribution < 1.29 is 0 Å². The highest BCUT2D eigenvalue weighted by Crippen LogP contribution is 2.36. The van der Waals surface area contributed by atoms with Crippen LogP contribution in [0.1, 0.15) is 11.1 Å². The van der Waals surface area contributed by atoms with Crippen LogP contribution in [-0.4, -0.2) is 12.6 Å².